The molecule has 2 atom stereocenters. The number of aliphatic hydroxyl groups is 2. The van der Waals surface area contributed by atoms with E-state index in [0.29, 0.717) is 35.3 Å². The van der Waals surface area contributed by atoms with Gasteiger partial charge < -0.3 is 41.3 Å². The van der Waals surface area contributed by atoms with Crippen molar-refractivity contribution in [3.8, 4) is 23.0 Å². The number of aliphatic hydroxyl groups excluding tert-OH is 2. The Morgan fingerprint density at radius 2 is 1.06 bits per heavy atom. The largest absolute Gasteiger partial charge is 0.504 e. The van der Waals surface area contributed by atoms with Gasteiger partial charge in [-0.25, -0.2) is 0 Å². The van der Waals surface area contributed by atoms with Gasteiger partial charge in [0.25, 0.3) is 0 Å². The molecule has 2 unspecified atom stereocenters. The summed E-state index contributed by atoms with van der Waals surface area (Å²) in [6.07, 6.45) is -1.67. The molecule has 0 aromatic heterocycles. The molecule has 8 heteroatoms. The van der Waals surface area contributed by atoms with E-state index in [1.807, 2.05) is 24.3 Å². The highest BCUT2D eigenvalue weighted by Gasteiger charge is 2.16. The second-order valence-corrected chi connectivity index (χ2v) is 8.41. The molecule has 3 rings (SSSR count). The van der Waals surface area contributed by atoms with E-state index in [0.717, 1.165) is 11.1 Å². The molecule has 8 nitrogen and oxygen atoms in total. The predicted molar refractivity (Wildman–Crippen MR) is 129 cm³/mol. The van der Waals surface area contributed by atoms with Gasteiger partial charge in [-0.15, -0.1) is 0 Å². The lowest BCUT2D eigenvalue weighted by Gasteiger charge is -2.17. The molecule has 0 aliphatic rings. The molecule has 0 aliphatic heterocycles. The summed E-state index contributed by atoms with van der Waals surface area (Å²) in [7, 11) is 0. The van der Waals surface area contributed by atoms with Gasteiger partial charge in [-0.1, -0.05) is 36.4 Å². The van der Waals surface area contributed by atoms with Crippen molar-refractivity contribution in [3.05, 3.63) is 81.9 Å². The lowest BCUT2D eigenvalue weighted by Crippen LogP contribution is -2.22. The van der Waals surface area contributed by atoms with Crippen LogP contribution in [0.25, 0.3) is 0 Å². The number of phenols is 4. The predicted octanol–water partition coefficient (Wildman–Crippen LogP) is 2.77. The van der Waals surface area contributed by atoms with Crippen LogP contribution >= 0.6 is 0 Å². The fourth-order valence-corrected chi connectivity index (χ4v) is 3.90. The smallest absolute Gasteiger partial charge is 0.160 e. The summed E-state index contributed by atoms with van der Waals surface area (Å²) in [6, 6.07) is 13.8. The molecule has 0 saturated heterocycles. The SMILES string of the molecule is Cc1c(C(O)CNCc2cccc(CNCC(O)c3ccc(O)c(O)c3C)c2)ccc(O)c1O. The molecular weight excluding hydrogens is 436 g/mol. The monoisotopic (exact) mass is 468 g/mol. The Morgan fingerprint density at radius 3 is 1.47 bits per heavy atom. The molecule has 0 amide bonds. The first kappa shape index (κ1) is 25.3. The quantitative estimate of drug-likeness (QED) is 0.212. The van der Waals surface area contributed by atoms with Gasteiger partial charge in [0.05, 0.1) is 12.2 Å². The molecule has 0 fully saturated rings. The molecule has 0 aliphatic carbocycles. The molecule has 3 aromatic rings. The minimum atomic E-state index is -0.833. The van der Waals surface area contributed by atoms with Gasteiger partial charge >= 0.3 is 0 Å². The highest BCUT2D eigenvalue weighted by molar-refractivity contribution is 5.49. The second-order valence-electron chi connectivity index (χ2n) is 8.41. The number of hydrogen-bond donors (Lipinski definition) is 8. The molecule has 34 heavy (non-hydrogen) atoms. The third kappa shape index (κ3) is 5.98. The van der Waals surface area contributed by atoms with Gasteiger partial charge in [0.2, 0.25) is 0 Å². The minimum Gasteiger partial charge on any atom is -0.504 e. The fraction of sp³-hybridized carbons (Fsp3) is 0.308. The first-order valence-corrected chi connectivity index (χ1v) is 11.1. The number of phenolic OH excluding ortho intramolecular Hbond substituents is 4. The molecule has 0 saturated carbocycles. The zero-order valence-electron chi connectivity index (χ0n) is 19.3. The van der Waals surface area contributed by atoms with Crippen molar-refractivity contribution in [2.24, 2.45) is 0 Å². The zero-order chi connectivity index (χ0) is 24.8. The van der Waals surface area contributed by atoms with Crippen LogP contribution in [0.2, 0.25) is 0 Å². The van der Waals surface area contributed by atoms with Crippen LogP contribution in [0.3, 0.4) is 0 Å². The Kier molecular flexibility index (Phi) is 8.36. The summed E-state index contributed by atoms with van der Waals surface area (Å²) in [5.41, 5.74) is 4.05. The highest BCUT2D eigenvalue weighted by Crippen LogP contribution is 2.34. The van der Waals surface area contributed by atoms with Crippen molar-refractivity contribution in [1.29, 1.82) is 0 Å². The van der Waals surface area contributed by atoms with Gasteiger partial charge in [-0.05, 0) is 48.2 Å². The van der Waals surface area contributed by atoms with E-state index >= 15 is 0 Å². The van der Waals surface area contributed by atoms with Gasteiger partial charge in [0.15, 0.2) is 23.0 Å². The summed E-state index contributed by atoms with van der Waals surface area (Å²) in [6.45, 7) is 4.90. The maximum absolute atomic E-state index is 10.4. The van der Waals surface area contributed by atoms with E-state index in [2.05, 4.69) is 10.6 Å². The van der Waals surface area contributed by atoms with E-state index in [4.69, 9.17) is 0 Å². The Balaban J connectivity index is 1.49. The van der Waals surface area contributed by atoms with E-state index < -0.39 is 12.2 Å². The first-order chi connectivity index (χ1) is 16.2. The van der Waals surface area contributed by atoms with E-state index in [-0.39, 0.29) is 36.1 Å². The summed E-state index contributed by atoms with van der Waals surface area (Å²) < 4.78 is 0. The molecule has 3 aromatic carbocycles. The number of nitrogens with one attached hydrogen (secondary N) is 2. The molecule has 0 spiro atoms. The summed E-state index contributed by atoms with van der Waals surface area (Å²) in [4.78, 5) is 0. The Bertz CT molecular complexity index is 1050. The molecular formula is C26H32N2O6. The van der Waals surface area contributed by atoms with E-state index in [1.165, 1.54) is 12.1 Å². The molecule has 8 N–H and O–H groups in total. The zero-order valence-corrected chi connectivity index (χ0v) is 19.3. The Labute approximate surface area is 198 Å². The Hall–Kier alpha value is -3.30. The van der Waals surface area contributed by atoms with Crippen molar-refractivity contribution in [2.75, 3.05) is 13.1 Å². The van der Waals surface area contributed by atoms with Gasteiger partial charge in [-0.3, -0.25) is 0 Å². The lowest BCUT2D eigenvalue weighted by atomic mass is 10.0. The highest BCUT2D eigenvalue weighted by atomic mass is 16.3. The molecule has 0 heterocycles. The van der Waals surface area contributed by atoms with Crippen LogP contribution < -0.4 is 10.6 Å². The maximum atomic E-state index is 10.4. The lowest BCUT2D eigenvalue weighted by molar-refractivity contribution is 0.173. The standard InChI is InChI=1S/C26H32N2O6/c1-15-19(6-8-21(29)25(15)33)23(31)13-27-11-17-4-3-5-18(10-17)12-28-14-24(32)20-7-9-22(30)26(34)16(20)2/h3-10,23-24,27-34H,11-14H2,1-2H3. The first-order valence-electron chi connectivity index (χ1n) is 11.1. The number of benzene rings is 3. The summed E-state index contributed by atoms with van der Waals surface area (Å²) >= 11 is 0. The van der Waals surface area contributed by atoms with Crippen LogP contribution in [0.5, 0.6) is 23.0 Å². The van der Waals surface area contributed by atoms with Crippen molar-refractivity contribution in [1.82, 2.24) is 10.6 Å². The van der Waals surface area contributed by atoms with Gasteiger partial charge in [-0.2, -0.15) is 0 Å². The van der Waals surface area contributed by atoms with Crippen LogP contribution in [-0.4, -0.2) is 43.7 Å². The van der Waals surface area contributed by atoms with E-state index in [1.54, 1.807) is 26.0 Å². The third-order valence-corrected chi connectivity index (χ3v) is 5.95. The van der Waals surface area contributed by atoms with Crippen LogP contribution in [0.1, 0.15) is 45.6 Å². The average molecular weight is 469 g/mol. The van der Waals surface area contributed by atoms with Crippen molar-refractivity contribution in [3.63, 3.8) is 0 Å². The number of aromatic hydroxyl groups is 4. The van der Waals surface area contributed by atoms with Gasteiger partial charge in [0, 0.05) is 37.3 Å². The van der Waals surface area contributed by atoms with Crippen molar-refractivity contribution >= 4 is 0 Å². The second kappa shape index (κ2) is 11.2. The normalized spacial score (nSPS) is 13.1. The molecule has 0 bridgehead atoms. The van der Waals surface area contributed by atoms with Crippen molar-refractivity contribution in [2.45, 2.75) is 39.1 Å². The minimum absolute atomic E-state index is 0.212. The third-order valence-electron chi connectivity index (χ3n) is 5.95. The van der Waals surface area contributed by atoms with E-state index in [9.17, 15) is 30.6 Å². The van der Waals surface area contributed by atoms with Crippen LogP contribution in [0.15, 0.2) is 48.5 Å². The van der Waals surface area contributed by atoms with Crippen molar-refractivity contribution < 1.29 is 30.6 Å². The Morgan fingerprint density at radius 1 is 0.647 bits per heavy atom. The topological polar surface area (TPSA) is 145 Å². The fourth-order valence-electron chi connectivity index (χ4n) is 3.90. The number of hydrogen-bond acceptors (Lipinski definition) is 8. The van der Waals surface area contributed by atoms with Crippen LogP contribution in [-0.2, 0) is 13.1 Å². The summed E-state index contributed by atoms with van der Waals surface area (Å²) in [5, 5.41) is 66.1. The summed E-state index contributed by atoms with van der Waals surface area (Å²) in [5.74, 6) is -0.870. The van der Waals surface area contributed by atoms with Crippen LogP contribution in [0.4, 0.5) is 0 Å². The molecule has 0 radical (unpaired) electrons. The number of rotatable bonds is 10. The van der Waals surface area contributed by atoms with Gasteiger partial charge in [0.1, 0.15) is 0 Å². The molecule has 182 valence electrons. The van der Waals surface area contributed by atoms with Crippen LogP contribution in [0, 0.1) is 13.8 Å². The average Bonchev–Trinajstić information content (AvgIpc) is 2.81. The maximum Gasteiger partial charge on any atom is 0.160 e.